The zero-order chi connectivity index (χ0) is 15.9. The summed E-state index contributed by atoms with van der Waals surface area (Å²) < 4.78 is 5.60. The predicted octanol–water partition coefficient (Wildman–Crippen LogP) is 1.62. The Bertz CT molecular complexity index is 487. The first-order chi connectivity index (χ1) is 10.5. The van der Waals surface area contributed by atoms with Crippen LogP contribution < -0.4 is 15.4 Å². The van der Waals surface area contributed by atoms with Crippen molar-refractivity contribution in [3.63, 3.8) is 0 Å². The van der Waals surface area contributed by atoms with E-state index in [4.69, 9.17) is 4.74 Å². The minimum absolute atomic E-state index is 0.0876. The fraction of sp³-hybridized carbons (Fsp3) is 0.588. The normalized spacial score (nSPS) is 15.6. The van der Waals surface area contributed by atoms with E-state index in [-0.39, 0.29) is 18.6 Å². The lowest BCUT2D eigenvalue weighted by molar-refractivity contribution is -0.120. The van der Waals surface area contributed by atoms with E-state index in [9.17, 15) is 9.90 Å². The average Bonchev–Trinajstić information content (AvgIpc) is 3.28. The molecule has 1 atom stereocenters. The number of nitrogens with one attached hydrogen (secondary N) is 2. The van der Waals surface area contributed by atoms with Gasteiger partial charge >= 0.3 is 0 Å². The molecule has 3 N–H and O–H groups in total. The van der Waals surface area contributed by atoms with Crippen LogP contribution in [0.3, 0.4) is 0 Å². The van der Waals surface area contributed by atoms with E-state index in [2.05, 4.69) is 10.6 Å². The molecule has 1 saturated carbocycles. The molecule has 0 aliphatic heterocycles. The van der Waals surface area contributed by atoms with Crippen molar-refractivity contribution in [2.75, 3.05) is 19.6 Å². The van der Waals surface area contributed by atoms with Gasteiger partial charge in [0.2, 0.25) is 5.91 Å². The smallest absolute Gasteiger partial charge is 0.234 e. The summed E-state index contributed by atoms with van der Waals surface area (Å²) in [6, 6.07) is 7.34. The molecular formula is C17H26N2O3. The monoisotopic (exact) mass is 306 g/mol. The van der Waals surface area contributed by atoms with Crippen LogP contribution in [0.4, 0.5) is 0 Å². The lowest BCUT2D eigenvalue weighted by Gasteiger charge is -2.15. The zero-order valence-electron chi connectivity index (χ0n) is 13.3. The van der Waals surface area contributed by atoms with Crippen molar-refractivity contribution in [1.29, 1.82) is 0 Å². The van der Waals surface area contributed by atoms with E-state index in [1.54, 1.807) is 0 Å². The van der Waals surface area contributed by atoms with Crippen LogP contribution in [-0.2, 0) is 4.79 Å². The number of hydrogen-bond donors (Lipinski definition) is 3. The molecule has 0 saturated heterocycles. The summed E-state index contributed by atoms with van der Waals surface area (Å²) in [4.78, 5) is 11.7. The lowest BCUT2D eigenvalue weighted by atomic mass is 10.1. The van der Waals surface area contributed by atoms with Crippen molar-refractivity contribution in [2.45, 2.75) is 38.9 Å². The maximum atomic E-state index is 11.7. The Hall–Kier alpha value is -1.59. The van der Waals surface area contributed by atoms with Crippen LogP contribution in [0.2, 0.25) is 0 Å². The highest BCUT2D eigenvalue weighted by molar-refractivity contribution is 5.78. The Labute approximate surface area is 132 Å². The van der Waals surface area contributed by atoms with Gasteiger partial charge in [-0.3, -0.25) is 4.79 Å². The van der Waals surface area contributed by atoms with E-state index in [1.165, 1.54) is 12.8 Å². The number of hydrogen-bond acceptors (Lipinski definition) is 4. The highest BCUT2D eigenvalue weighted by Gasteiger charge is 2.20. The number of aliphatic hydroxyl groups is 1. The highest BCUT2D eigenvalue weighted by atomic mass is 16.5. The molecule has 0 heterocycles. The first-order valence-electron chi connectivity index (χ1n) is 7.96. The zero-order valence-corrected chi connectivity index (χ0v) is 13.3. The Morgan fingerprint density at radius 3 is 2.86 bits per heavy atom. The lowest BCUT2D eigenvalue weighted by Crippen LogP contribution is -2.36. The topological polar surface area (TPSA) is 70.6 Å². The van der Waals surface area contributed by atoms with Crippen LogP contribution in [0.25, 0.3) is 0 Å². The summed E-state index contributed by atoms with van der Waals surface area (Å²) in [5.74, 6) is 1.39. The second kappa shape index (κ2) is 8.15. The number of carbonyl (C=O) groups is 1. The van der Waals surface area contributed by atoms with Gasteiger partial charge in [0.15, 0.2) is 0 Å². The van der Waals surface area contributed by atoms with Crippen molar-refractivity contribution in [1.82, 2.24) is 10.6 Å². The van der Waals surface area contributed by atoms with Crippen LogP contribution in [0.15, 0.2) is 24.3 Å². The van der Waals surface area contributed by atoms with Crippen LogP contribution in [-0.4, -0.2) is 36.8 Å². The molecule has 5 heteroatoms. The second-order valence-corrected chi connectivity index (χ2v) is 6.13. The van der Waals surface area contributed by atoms with Crippen molar-refractivity contribution < 1.29 is 14.6 Å². The molecule has 5 nitrogen and oxygen atoms in total. The standard InChI is InChI=1S/C17H26N2O3/c1-12(2)22-15-5-3-4-14(8-15)16(20)10-19-17(21)11-18-9-13-6-7-13/h3-5,8,12-13,16,18,20H,6-7,9-11H2,1-2H3,(H,19,21). The van der Waals surface area contributed by atoms with E-state index < -0.39 is 6.10 Å². The third-order valence-electron chi connectivity index (χ3n) is 3.52. The second-order valence-electron chi connectivity index (χ2n) is 6.13. The molecule has 1 aromatic carbocycles. The first kappa shape index (κ1) is 16.8. The predicted molar refractivity (Wildman–Crippen MR) is 85.8 cm³/mol. The SMILES string of the molecule is CC(C)Oc1cccc(C(O)CNC(=O)CNCC2CC2)c1. The van der Waals surface area contributed by atoms with Crippen LogP contribution in [0.5, 0.6) is 5.75 Å². The van der Waals surface area contributed by atoms with Crippen molar-refractivity contribution in [3.8, 4) is 5.75 Å². The number of amides is 1. The van der Waals surface area contributed by atoms with Crippen molar-refractivity contribution in [2.24, 2.45) is 5.92 Å². The van der Waals surface area contributed by atoms with Gasteiger partial charge < -0.3 is 20.5 Å². The summed E-state index contributed by atoms with van der Waals surface area (Å²) >= 11 is 0. The maximum absolute atomic E-state index is 11.7. The largest absolute Gasteiger partial charge is 0.491 e. The van der Waals surface area contributed by atoms with Crippen LogP contribution in [0.1, 0.15) is 38.4 Å². The molecule has 0 bridgehead atoms. The molecule has 0 spiro atoms. The summed E-state index contributed by atoms with van der Waals surface area (Å²) in [7, 11) is 0. The molecule has 0 aromatic heterocycles. The number of ether oxygens (including phenoxy) is 1. The average molecular weight is 306 g/mol. The Morgan fingerprint density at radius 2 is 2.18 bits per heavy atom. The van der Waals surface area contributed by atoms with Gasteiger partial charge in [0, 0.05) is 6.54 Å². The fourth-order valence-electron chi connectivity index (χ4n) is 2.17. The van der Waals surface area contributed by atoms with Crippen LogP contribution in [0, 0.1) is 5.92 Å². The Balaban J connectivity index is 1.73. The van der Waals surface area contributed by atoms with Crippen molar-refractivity contribution >= 4 is 5.91 Å². The Morgan fingerprint density at radius 1 is 1.41 bits per heavy atom. The maximum Gasteiger partial charge on any atom is 0.234 e. The van der Waals surface area contributed by atoms with E-state index in [0.29, 0.717) is 6.54 Å². The molecule has 1 fully saturated rings. The molecule has 1 amide bonds. The van der Waals surface area contributed by atoms with Crippen LogP contribution >= 0.6 is 0 Å². The number of carbonyl (C=O) groups excluding carboxylic acids is 1. The number of rotatable bonds is 9. The van der Waals surface area contributed by atoms with Gasteiger partial charge in [0.25, 0.3) is 0 Å². The van der Waals surface area contributed by atoms with Crippen molar-refractivity contribution in [3.05, 3.63) is 29.8 Å². The van der Waals surface area contributed by atoms with Gasteiger partial charge in [-0.2, -0.15) is 0 Å². The molecule has 0 radical (unpaired) electrons. The molecule has 22 heavy (non-hydrogen) atoms. The molecule has 1 aliphatic rings. The van der Waals surface area contributed by atoms with Gasteiger partial charge in [-0.15, -0.1) is 0 Å². The molecular weight excluding hydrogens is 280 g/mol. The molecule has 1 unspecified atom stereocenters. The highest BCUT2D eigenvalue weighted by Crippen LogP contribution is 2.27. The summed E-state index contributed by atoms with van der Waals surface area (Å²) in [5, 5.41) is 16.0. The minimum Gasteiger partial charge on any atom is -0.491 e. The Kier molecular flexibility index (Phi) is 6.21. The molecule has 122 valence electrons. The number of aliphatic hydroxyl groups excluding tert-OH is 1. The van der Waals surface area contributed by atoms with E-state index >= 15 is 0 Å². The van der Waals surface area contributed by atoms with Gasteiger partial charge in [-0.25, -0.2) is 0 Å². The minimum atomic E-state index is -0.733. The molecule has 1 aromatic rings. The fourth-order valence-corrected chi connectivity index (χ4v) is 2.17. The van der Waals surface area contributed by atoms with Gasteiger partial charge in [0.05, 0.1) is 18.8 Å². The third-order valence-corrected chi connectivity index (χ3v) is 3.52. The van der Waals surface area contributed by atoms with Gasteiger partial charge in [-0.1, -0.05) is 12.1 Å². The third kappa shape index (κ3) is 6.03. The van der Waals surface area contributed by atoms with E-state index in [0.717, 1.165) is 23.8 Å². The van der Waals surface area contributed by atoms with Gasteiger partial charge in [-0.05, 0) is 56.8 Å². The first-order valence-corrected chi connectivity index (χ1v) is 7.96. The number of benzene rings is 1. The summed E-state index contributed by atoms with van der Waals surface area (Å²) in [6.45, 7) is 5.33. The quantitative estimate of drug-likeness (QED) is 0.648. The van der Waals surface area contributed by atoms with Gasteiger partial charge in [0.1, 0.15) is 5.75 Å². The summed E-state index contributed by atoms with van der Waals surface area (Å²) in [5.41, 5.74) is 0.740. The molecule has 1 aliphatic carbocycles. The molecule has 2 rings (SSSR count). The van der Waals surface area contributed by atoms with E-state index in [1.807, 2.05) is 38.1 Å². The summed E-state index contributed by atoms with van der Waals surface area (Å²) in [6.07, 6.45) is 1.89.